The smallest absolute Gasteiger partial charge is 0.223 e. The lowest BCUT2D eigenvalue weighted by molar-refractivity contribution is -0.122. The van der Waals surface area contributed by atoms with Gasteiger partial charge in [-0.2, -0.15) is 0 Å². The molecule has 0 unspecified atom stereocenters. The van der Waals surface area contributed by atoms with Crippen molar-refractivity contribution >= 4 is 40.4 Å². The molecule has 0 radical (unpaired) electrons. The van der Waals surface area contributed by atoms with Crippen LogP contribution in [0.15, 0.2) is 18.2 Å². The predicted molar refractivity (Wildman–Crippen MR) is 81.6 cm³/mol. The Labute approximate surface area is 122 Å². The largest absolute Gasteiger partial charge is 0.389 e. The van der Waals surface area contributed by atoms with Crippen molar-refractivity contribution < 1.29 is 4.79 Å². The predicted octanol–water partition coefficient (Wildman–Crippen LogP) is 1.91. The number of carbonyl (C=O) groups is 1. The lowest BCUT2D eigenvalue weighted by Gasteiger charge is -2.09. The highest BCUT2D eigenvalue weighted by Crippen LogP contribution is 2.28. The Morgan fingerprint density at radius 3 is 2.74 bits per heavy atom. The summed E-state index contributed by atoms with van der Waals surface area (Å²) in [5.41, 5.74) is 7.08. The standard InChI is InChI=1S/C13H16ClN3OS/c14-11-7-9(3-4-10(11)12(15)19)16-5-6-17-13(18)8-1-2-8/h3-4,7-8,16H,1-2,5-6H2,(H2,15,19)(H,17,18). The molecule has 1 aliphatic carbocycles. The first kappa shape index (κ1) is 14.1. The van der Waals surface area contributed by atoms with Crippen LogP contribution in [0.3, 0.4) is 0 Å². The number of anilines is 1. The zero-order valence-electron chi connectivity index (χ0n) is 10.4. The van der Waals surface area contributed by atoms with E-state index in [1.54, 1.807) is 12.1 Å². The van der Waals surface area contributed by atoms with E-state index in [4.69, 9.17) is 29.6 Å². The quantitative estimate of drug-likeness (QED) is 0.554. The Morgan fingerprint density at radius 2 is 2.16 bits per heavy atom. The highest BCUT2D eigenvalue weighted by Gasteiger charge is 2.28. The lowest BCUT2D eigenvalue weighted by atomic mass is 10.2. The number of nitrogens with one attached hydrogen (secondary N) is 2. The van der Waals surface area contributed by atoms with Crippen LogP contribution in [0.1, 0.15) is 18.4 Å². The molecule has 0 aliphatic heterocycles. The minimum Gasteiger partial charge on any atom is -0.389 e. The summed E-state index contributed by atoms with van der Waals surface area (Å²) in [5, 5.41) is 6.59. The Bertz CT molecular complexity index is 503. The minimum atomic E-state index is 0.156. The van der Waals surface area contributed by atoms with Crippen LogP contribution in [0.25, 0.3) is 0 Å². The van der Waals surface area contributed by atoms with E-state index in [9.17, 15) is 4.79 Å². The van der Waals surface area contributed by atoms with Gasteiger partial charge in [-0.25, -0.2) is 0 Å². The molecule has 4 nitrogen and oxygen atoms in total. The lowest BCUT2D eigenvalue weighted by Crippen LogP contribution is -2.29. The second-order valence-corrected chi connectivity index (χ2v) is 5.40. The van der Waals surface area contributed by atoms with Crippen molar-refractivity contribution in [3.63, 3.8) is 0 Å². The van der Waals surface area contributed by atoms with Gasteiger partial charge in [0.25, 0.3) is 0 Å². The van der Waals surface area contributed by atoms with Gasteiger partial charge in [-0.3, -0.25) is 4.79 Å². The molecule has 6 heteroatoms. The first-order valence-electron chi connectivity index (χ1n) is 6.19. The molecule has 1 amide bonds. The van der Waals surface area contributed by atoms with Crippen molar-refractivity contribution in [1.29, 1.82) is 0 Å². The van der Waals surface area contributed by atoms with Gasteiger partial charge >= 0.3 is 0 Å². The summed E-state index contributed by atoms with van der Waals surface area (Å²) in [5.74, 6) is 0.406. The number of nitrogens with two attached hydrogens (primary N) is 1. The van der Waals surface area contributed by atoms with Crippen molar-refractivity contribution in [2.24, 2.45) is 11.7 Å². The number of amides is 1. The maximum absolute atomic E-state index is 11.4. The first-order valence-corrected chi connectivity index (χ1v) is 6.97. The molecular formula is C13H16ClN3OS. The second kappa shape index (κ2) is 6.21. The van der Waals surface area contributed by atoms with Gasteiger partial charge in [0.2, 0.25) is 5.91 Å². The molecule has 1 aliphatic rings. The number of carbonyl (C=O) groups excluding carboxylic acids is 1. The van der Waals surface area contributed by atoms with Crippen LogP contribution in [0.4, 0.5) is 5.69 Å². The molecule has 0 bridgehead atoms. The van der Waals surface area contributed by atoms with Crippen molar-refractivity contribution in [2.75, 3.05) is 18.4 Å². The first-order chi connectivity index (χ1) is 9.08. The molecule has 2 rings (SSSR count). The van der Waals surface area contributed by atoms with Gasteiger partial charge in [0.15, 0.2) is 0 Å². The third-order valence-corrected chi connectivity index (χ3v) is 3.47. The topological polar surface area (TPSA) is 67.2 Å². The number of benzene rings is 1. The Balaban J connectivity index is 1.77. The van der Waals surface area contributed by atoms with Gasteiger partial charge in [-0.1, -0.05) is 23.8 Å². The van der Waals surface area contributed by atoms with Gasteiger partial charge in [-0.05, 0) is 31.0 Å². The van der Waals surface area contributed by atoms with Gasteiger partial charge in [0.1, 0.15) is 4.99 Å². The van der Waals surface area contributed by atoms with Crippen LogP contribution in [0.5, 0.6) is 0 Å². The fourth-order valence-electron chi connectivity index (χ4n) is 1.71. The summed E-state index contributed by atoms with van der Waals surface area (Å²) in [6.45, 7) is 1.26. The number of thiocarbonyl (C=S) groups is 1. The zero-order valence-corrected chi connectivity index (χ0v) is 12.0. The van der Waals surface area contributed by atoms with E-state index in [0.717, 1.165) is 18.5 Å². The van der Waals surface area contributed by atoms with Crippen LogP contribution in [0, 0.1) is 5.92 Å². The maximum atomic E-state index is 11.4. The van der Waals surface area contributed by atoms with Gasteiger partial charge < -0.3 is 16.4 Å². The minimum absolute atomic E-state index is 0.156. The van der Waals surface area contributed by atoms with E-state index in [1.165, 1.54) is 0 Å². The maximum Gasteiger partial charge on any atom is 0.223 e. The third kappa shape index (κ3) is 4.08. The Morgan fingerprint density at radius 1 is 1.42 bits per heavy atom. The van der Waals surface area contributed by atoms with Crippen LogP contribution < -0.4 is 16.4 Å². The monoisotopic (exact) mass is 297 g/mol. The summed E-state index contributed by atoms with van der Waals surface area (Å²) >= 11 is 10.9. The number of halogens is 1. The highest BCUT2D eigenvalue weighted by molar-refractivity contribution is 7.80. The van der Waals surface area contributed by atoms with Crippen molar-refractivity contribution in [2.45, 2.75) is 12.8 Å². The Kier molecular flexibility index (Phi) is 4.61. The van der Waals surface area contributed by atoms with E-state index < -0.39 is 0 Å². The van der Waals surface area contributed by atoms with Crippen LogP contribution in [0.2, 0.25) is 5.02 Å². The SMILES string of the molecule is NC(=S)c1ccc(NCCNC(=O)C2CC2)cc1Cl. The van der Waals surface area contributed by atoms with E-state index in [-0.39, 0.29) is 16.8 Å². The zero-order chi connectivity index (χ0) is 13.8. The molecule has 0 spiro atoms. The number of rotatable bonds is 6. The van der Waals surface area contributed by atoms with Crippen molar-refractivity contribution in [3.05, 3.63) is 28.8 Å². The van der Waals surface area contributed by atoms with Crippen LogP contribution in [-0.4, -0.2) is 24.0 Å². The molecule has 1 aromatic carbocycles. The highest BCUT2D eigenvalue weighted by atomic mass is 35.5. The van der Waals surface area contributed by atoms with Crippen LogP contribution >= 0.6 is 23.8 Å². The summed E-state index contributed by atoms with van der Waals surface area (Å²) < 4.78 is 0. The molecule has 4 N–H and O–H groups in total. The van der Waals surface area contributed by atoms with Gasteiger partial charge in [-0.15, -0.1) is 0 Å². The fraction of sp³-hybridized carbons (Fsp3) is 0.385. The Hall–Kier alpha value is -1.33. The number of hydrogen-bond acceptors (Lipinski definition) is 3. The molecule has 19 heavy (non-hydrogen) atoms. The number of hydrogen-bond donors (Lipinski definition) is 3. The molecular weight excluding hydrogens is 282 g/mol. The van der Waals surface area contributed by atoms with Crippen LogP contribution in [-0.2, 0) is 4.79 Å². The second-order valence-electron chi connectivity index (χ2n) is 4.55. The van der Waals surface area contributed by atoms with E-state index in [2.05, 4.69) is 10.6 Å². The third-order valence-electron chi connectivity index (χ3n) is 2.94. The van der Waals surface area contributed by atoms with Gasteiger partial charge in [0, 0.05) is 30.3 Å². The average Bonchev–Trinajstić information content (AvgIpc) is 3.18. The fourth-order valence-corrected chi connectivity index (χ4v) is 2.22. The van der Waals surface area contributed by atoms with E-state index >= 15 is 0 Å². The van der Waals surface area contributed by atoms with Gasteiger partial charge in [0.05, 0.1) is 5.02 Å². The summed E-state index contributed by atoms with van der Waals surface area (Å²) in [6.07, 6.45) is 2.05. The average molecular weight is 298 g/mol. The van der Waals surface area contributed by atoms with Crippen molar-refractivity contribution in [1.82, 2.24) is 5.32 Å². The summed E-state index contributed by atoms with van der Waals surface area (Å²) in [4.78, 5) is 11.7. The molecule has 0 heterocycles. The molecule has 0 aromatic heterocycles. The van der Waals surface area contributed by atoms with Crippen molar-refractivity contribution in [3.8, 4) is 0 Å². The molecule has 102 valence electrons. The molecule has 1 saturated carbocycles. The summed E-state index contributed by atoms with van der Waals surface area (Å²) in [7, 11) is 0. The molecule has 0 atom stereocenters. The molecule has 1 fully saturated rings. The van der Waals surface area contributed by atoms with E-state index in [1.807, 2.05) is 6.07 Å². The van der Waals surface area contributed by atoms with E-state index in [0.29, 0.717) is 23.7 Å². The molecule has 0 saturated heterocycles. The normalized spacial score (nSPS) is 13.9. The summed E-state index contributed by atoms with van der Waals surface area (Å²) in [6, 6.07) is 5.43. The molecule has 1 aromatic rings.